The van der Waals surface area contributed by atoms with Crippen LogP contribution in [0.1, 0.15) is 40.9 Å². The Morgan fingerprint density at radius 1 is 1.13 bits per heavy atom. The molecule has 0 heterocycles. The zero-order chi connectivity index (χ0) is 11.6. The first kappa shape index (κ1) is 11.7. The van der Waals surface area contributed by atoms with Gasteiger partial charge in [0.1, 0.15) is 0 Å². The zero-order valence-corrected chi connectivity index (χ0v) is 10.1. The number of hydrogen-bond donors (Lipinski definition) is 0. The van der Waals surface area contributed by atoms with Gasteiger partial charge in [0.2, 0.25) is 0 Å². The summed E-state index contributed by atoms with van der Waals surface area (Å²) < 4.78 is 0. The largest absolute Gasteiger partial charge is 0.289 e. The van der Waals surface area contributed by atoms with Crippen molar-refractivity contribution >= 4 is 5.78 Å². The molecule has 1 aromatic rings. The van der Waals surface area contributed by atoms with Gasteiger partial charge in [-0.15, -0.1) is 0 Å². The van der Waals surface area contributed by atoms with E-state index in [9.17, 15) is 4.79 Å². The van der Waals surface area contributed by atoms with Crippen molar-refractivity contribution in [1.29, 1.82) is 0 Å². The van der Waals surface area contributed by atoms with E-state index in [0.29, 0.717) is 0 Å². The maximum Gasteiger partial charge on any atom is 0.188 e. The van der Waals surface area contributed by atoms with Gasteiger partial charge in [-0.25, -0.2) is 0 Å². The number of rotatable bonds is 2. The second-order valence-corrected chi connectivity index (χ2v) is 4.07. The van der Waals surface area contributed by atoms with E-state index >= 15 is 0 Å². The minimum Gasteiger partial charge on any atom is -0.289 e. The van der Waals surface area contributed by atoms with E-state index < -0.39 is 0 Å². The molecule has 0 aliphatic heterocycles. The van der Waals surface area contributed by atoms with Gasteiger partial charge >= 0.3 is 0 Å². The third-order valence-corrected chi connectivity index (χ3v) is 2.70. The molecule has 1 aromatic carbocycles. The van der Waals surface area contributed by atoms with Gasteiger partial charge in [-0.05, 0) is 51.3 Å². The van der Waals surface area contributed by atoms with Crippen LogP contribution in [0.25, 0.3) is 0 Å². The highest BCUT2D eigenvalue weighted by Gasteiger charge is 2.13. The van der Waals surface area contributed by atoms with Gasteiger partial charge in [0, 0.05) is 5.56 Å². The van der Waals surface area contributed by atoms with Gasteiger partial charge < -0.3 is 0 Å². The van der Waals surface area contributed by atoms with Crippen molar-refractivity contribution in [2.75, 3.05) is 0 Å². The van der Waals surface area contributed by atoms with E-state index in [1.54, 1.807) is 0 Å². The summed E-state index contributed by atoms with van der Waals surface area (Å²) in [6, 6.07) is 4.12. The molecule has 0 unspecified atom stereocenters. The van der Waals surface area contributed by atoms with Gasteiger partial charge in [0.15, 0.2) is 5.78 Å². The van der Waals surface area contributed by atoms with Crippen LogP contribution in [-0.2, 0) is 0 Å². The van der Waals surface area contributed by atoms with Crippen LogP contribution in [0.5, 0.6) is 0 Å². The molecule has 0 aliphatic carbocycles. The smallest absolute Gasteiger partial charge is 0.188 e. The molecule has 0 fully saturated rings. The molecule has 0 bridgehead atoms. The Bertz CT molecular complexity index is 402. The van der Waals surface area contributed by atoms with Crippen molar-refractivity contribution < 1.29 is 4.79 Å². The summed E-state index contributed by atoms with van der Waals surface area (Å²) in [5, 5.41) is 0. The molecule has 1 heteroatoms. The van der Waals surface area contributed by atoms with Gasteiger partial charge in [0.05, 0.1) is 0 Å². The van der Waals surface area contributed by atoms with Gasteiger partial charge in [0.25, 0.3) is 0 Å². The molecule has 1 rings (SSSR count). The summed E-state index contributed by atoms with van der Waals surface area (Å²) in [5.74, 6) is 0.146. The average Bonchev–Trinajstić information content (AvgIpc) is 2.14. The minimum atomic E-state index is 0.146. The number of Topliss-reactive ketones (excluding diaryl/α,β-unsaturated/α-hetero) is 1. The van der Waals surface area contributed by atoms with Crippen LogP contribution in [0.2, 0.25) is 0 Å². The van der Waals surface area contributed by atoms with E-state index in [2.05, 4.69) is 19.1 Å². The van der Waals surface area contributed by atoms with E-state index in [4.69, 9.17) is 0 Å². The molecule has 0 spiro atoms. The Kier molecular flexibility index (Phi) is 3.46. The van der Waals surface area contributed by atoms with Gasteiger partial charge in [-0.2, -0.15) is 0 Å². The van der Waals surface area contributed by atoms with Crippen LogP contribution in [-0.4, -0.2) is 5.78 Å². The lowest BCUT2D eigenvalue weighted by Crippen LogP contribution is -2.06. The summed E-state index contributed by atoms with van der Waals surface area (Å²) in [4.78, 5) is 12.1. The first-order valence-electron chi connectivity index (χ1n) is 5.22. The molecule has 1 nitrogen and oxygen atoms in total. The number of ketones is 1. The minimum absolute atomic E-state index is 0.146. The van der Waals surface area contributed by atoms with Crippen molar-refractivity contribution in [2.24, 2.45) is 0 Å². The average molecular weight is 202 g/mol. The molecule has 0 saturated heterocycles. The summed E-state index contributed by atoms with van der Waals surface area (Å²) >= 11 is 0. The first-order valence-corrected chi connectivity index (χ1v) is 5.22. The first-order chi connectivity index (χ1) is 6.97. The van der Waals surface area contributed by atoms with Gasteiger partial charge in [-0.3, -0.25) is 4.79 Å². The van der Waals surface area contributed by atoms with E-state index in [1.165, 1.54) is 5.56 Å². The molecular formula is C14H18O. The lowest BCUT2D eigenvalue weighted by molar-refractivity contribution is 0.103. The molecule has 15 heavy (non-hydrogen) atoms. The number of aryl methyl sites for hydroxylation is 3. The van der Waals surface area contributed by atoms with Crippen molar-refractivity contribution in [3.8, 4) is 0 Å². The Morgan fingerprint density at radius 2 is 1.60 bits per heavy atom. The maximum atomic E-state index is 12.1. The fourth-order valence-electron chi connectivity index (χ4n) is 1.87. The number of benzene rings is 1. The quantitative estimate of drug-likeness (QED) is 0.527. The number of allylic oxidation sites excluding steroid dienone is 2. The fourth-order valence-corrected chi connectivity index (χ4v) is 1.87. The highest BCUT2D eigenvalue weighted by molar-refractivity contribution is 6.10. The normalized spacial score (nSPS) is 11.7. The lowest BCUT2D eigenvalue weighted by Gasteiger charge is -2.10. The molecule has 0 radical (unpaired) electrons. The molecule has 0 atom stereocenters. The number of carbonyl (C=O) groups excluding carboxylic acids is 1. The monoisotopic (exact) mass is 202 g/mol. The second kappa shape index (κ2) is 4.43. The van der Waals surface area contributed by atoms with Crippen LogP contribution >= 0.6 is 0 Å². The lowest BCUT2D eigenvalue weighted by atomic mass is 9.93. The second-order valence-electron chi connectivity index (χ2n) is 4.07. The molecule has 0 N–H and O–H groups in total. The van der Waals surface area contributed by atoms with Crippen molar-refractivity contribution in [3.63, 3.8) is 0 Å². The molecule has 0 aromatic heterocycles. The van der Waals surface area contributed by atoms with E-state index in [1.807, 2.05) is 33.8 Å². The third-order valence-electron chi connectivity index (χ3n) is 2.70. The fraction of sp³-hybridized carbons (Fsp3) is 0.357. The van der Waals surface area contributed by atoms with Crippen molar-refractivity contribution in [2.45, 2.75) is 34.6 Å². The molecular weight excluding hydrogens is 184 g/mol. The molecule has 80 valence electrons. The summed E-state index contributed by atoms with van der Waals surface area (Å²) in [6.07, 6.45) is 1.86. The number of carbonyl (C=O) groups is 1. The van der Waals surface area contributed by atoms with Crippen molar-refractivity contribution in [3.05, 3.63) is 46.0 Å². The Balaban J connectivity index is 3.32. The maximum absolute atomic E-state index is 12.1. The van der Waals surface area contributed by atoms with E-state index in [0.717, 1.165) is 22.3 Å². The molecule has 0 amide bonds. The number of hydrogen-bond acceptors (Lipinski definition) is 1. The van der Waals surface area contributed by atoms with Crippen LogP contribution in [0.15, 0.2) is 23.8 Å². The summed E-state index contributed by atoms with van der Waals surface area (Å²) in [7, 11) is 0. The Morgan fingerprint density at radius 3 is 2.00 bits per heavy atom. The Labute approximate surface area is 91.8 Å². The SMILES string of the molecule is CC=C(C)C(=O)c1c(C)cc(C)cc1C. The van der Waals surface area contributed by atoms with Crippen molar-refractivity contribution in [1.82, 2.24) is 0 Å². The van der Waals surface area contributed by atoms with Gasteiger partial charge in [-0.1, -0.05) is 23.8 Å². The third kappa shape index (κ3) is 2.35. The topological polar surface area (TPSA) is 17.1 Å². The highest BCUT2D eigenvalue weighted by Crippen LogP contribution is 2.19. The predicted octanol–water partition coefficient (Wildman–Crippen LogP) is 3.76. The van der Waals surface area contributed by atoms with Crippen LogP contribution in [0.4, 0.5) is 0 Å². The Hall–Kier alpha value is -1.37. The van der Waals surface area contributed by atoms with E-state index in [-0.39, 0.29) is 5.78 Å². The predicted molar refractivity (Wildman–Crippen MR) is 64.4 cm³/mol. The van der Waals surface area contributed by atoms with Crippen LogP contribution < -0.4 is 0 Å². The van der Waals surface area contributed by atoms with Crippen LogP contribution in [0, 0.1) is 20.8 Å². The zero-order valence-electron chi connectivity index (χ0n) is 10.1. The molecule has 0 saturated carbocycles. The van der Waals surface area contributed by atoms with Crippen LogP contribution in [0.3, 0.4) is 0 Å². The standard InChI is InChI=1S/C14H18O/c1-6-10(3)14(15)13-11(4)7-9(2)8-12(13)5/h6-8H,1-5H3. The molecule has 0 aliphatic rings. The summed E-state index contributed by atoms with van der Waals surface area (Å²) in [5.41, 5.74) is 5.01. The summed E-state index contributed by atoms with van der Waals surface area (Å²) in [6.45, 7) is 9.80. The highest BCUT2D eigenvalue weighted by atomic mass is 16.1.